The number of nitrogen functional groups attached to an aromatic ring is 1. The molecule has 12 heteroatoms. The minimum atomic E-state index is -4.51. The summed E-state index contributed by atoms with van der Waals surface area (Å²) in [6.07, 6.45) is -2.40. The molecule has 1 amide bonds. The number of piperidine rings is 1. The van der Waals surface area contributed by atoms with Crippen molar-refractivity contribution in [3.63, 3.8) is 0 Å². The number of alkyl halides is 3. The van der Waals surface area contributed by atoms with Crippen LogP contribution in [-0.2, 0) is 6.18 Å². The Labute approximate surface area is 203 Å². The van der Waals surface area contributed by atoms with E-state index in [1.165, 1.54) is 23.4 Å². The first kappa shape index (κ1) is 22.1. The number of rotatable bonds is 1. The highest BCUT2D eigenvalue weighted by Gasteiger charge is 2.44. The van der Waals surface area contributed by atoms with Crippen molar-refractivity contribution in [3.05, 3.63) is 63.8 Å². The molecule has 2 N–H and O–H groups in total. The summed E-state index contributed by atoms with van der Waals surface area (Å²) in [7, 11) is 0. The van der Waals surface area contributed by atoms with Crippen molar-refractivity contribution in [2.75, 3.05) is 12.3 Å². The van der Waals surface area contributed by atoms with E-state index in [2.05, 4.69) is 25.9 Å². The van der Waals surface area contributed by atoms with Crippen LogP contribution in [0.3, 0.4) is 0 Å². The first-order chi connectivity index (χ1) is 16.6. The normalized spacial score (nSPS) is 19.6. The lowest BCUT2D eigenvalue weighted by Crippen LogP contribution is -2.44. The third kappa shape index (κ3) is 3.33. The van der Waals surface area contributed by atoms with E-state index in [1.54, 1.807) is 4.40 Å². The molecule has 0 saturated carbocycles. The van der Waals surface area contributed by atoms with Crippen molar-refractivity contribution in [2.45, 2.75) is 31.2 Å². The molecule has 0 spiro atoms. The molecule has 6 rings (SSSR count). The topological polar surface area (TPSA) is 85.8 Å². The molecule has 0 aliphatic carbocycles. The number of hydrogen-bond donors (Lipinski definition) is 1. The molecule has 2 aliphatic rings. The molecule has 1 fully saturated rings. The van der Waals surface area contributed by atoms with Crippen molar-refractivity contribution < 1.29 is 27.1 Å². The van der Waals surface area contributed by atoms with Gasteiger partial charge in [-0.15, -0.1) is 0 Å². The molecule has 180 valence electrons. The number of likely N-dealkylation sites (tertiary alicyclic amines) is 1. The first-order valence-corrected chi connectivity index (χ1v) is 11.5. The molecule has 7 nitrogen and oxygen atoms in total. The molecule has 0 radical (unpaired) electrons. The fourth-order valence-corrected chi connectivity index (χ4v) is 5.46. The van der Waals surface area contributed by atoms with E-state index in [1.807, 2.05) is 0 Å². The smallest absolute Gasteiger partial charge is 0.416 e. The summed E-state index contributed by atoms with van der Waals surface area (Å²) < 4.78 is 62.6. The van der Waals surface area contributed by atoms with Crippen molar-refractivity contribution in [2.24, 2.45) is 0 Å². The van der Waals surface area contributed by atoms with Gasteiger partial charge in [0.1, 0.15) is 34.1 Å². The summed E-state index contributed by atoms with van der Waals surface area (Å²) in [4.78, 5) is 23.5. The number of amides is 1. The fraction of sp³-hybridized carbons (Fsp3) is 0.261. The van der Waals surface area contributed by atoms with Gasteiger partial charge in [-0.1, -0.05) is 6.07 Å². The number of imidazole rings is 1. The summed E-state index contributed by atoms with van der Waals surface area (Å²) >= 11 is 3.31. The van der Waals surface area contributed by atoms with Gasteiger partial charge in [0.15, 0.2) is 5.82 Å². The maximum absolute atomic E-state index is 15.2. The summed E-state index contributed by atoms with van der Waals surface area (Å²) in [5.74, 6) is -1.11. The predicted molar refractivity (Wildman–Crippen MR) is 121 cm³/mol. The van der Waals surface area contributed by atoms with Gasteiger partial charge in [0.2, 0.25) is 0 Å². The molecular weight excluding hydrogens is 534 g/mol. The van der Waals surface area contributed by atoms with Crippen LogP contribution in [-0.4, -0.2) is 37.8 Å². The lowest BCUT2D eigenvalue weighted by Gasteiger charge is -2.36. The fourth-order valence-electron chi connectivity index (χ4n) is 4.97. The van der Waals surface area contributed by atoms with Crippen molar-refractivity contribution in [3.8, 4) is 5.75 Å². The quantitative estimate of drug-likeness (QED) is 0.333. The van der Waals surface area contributed by atoms with E-state index in [9.17, 15) is 18.0 Å². The van der Waals surface area contributed by atoms with Crippen molar-refractivity contribution in [1.82, 2.24) is 19.3 Å². The zero-order valence-electron chi connectivity index (χ0n) is 17.8. The largest absolute Gasteiger partial charge is 0.488 e. The number of ether oxygens (including phenoxy) is 1. The standard InChI is InChI=1S/C23H16BrF4N5O2/c24-20-19-21(29)31-14-8-13(25)12(7-15(14)33(19)9-30-20)22(34)32-5-1-2-16-18(32)11-4-3-10(23(26,27)28)6-17(11)35-16/h3-4,6-9,16,18H,1-2,5H2,(H2,29,31). The van der Waals surface area contributed by atoms with Crippen LogP contribution in [0.5, 0.6) is 5.75 Å². The average molecular weight is 550 g/mol. The van der Waals surface area contributed by atoms with Crippen LogP contribution in [0.1, 0.15) is 40.4 Å². The Hall–Kier alpha value is -3.41. The number of carbonyl (C=O) groups excluding carboxylic acids is 1. The monoisotopic (exact) mass is 549 g/mol. The van der Waals surface area contributed by atoms with Gasteiger partial charge in [-0.05, 0) is 47.0 Å². The van der Waals surface area contributed by atoms with Gasteiger partial charge in [0, 0.05) is 18.2 Å². The van der Waals surface area contributed by atoms with Gasteiger partial charge in [0.05, 0.1) is 28.2 Å². The molecule has 2 unspecified atom stereocenters. The van der Waals surface area contributed by atoms with Crippen LogP contribution in [0.15, 0.2) is 41.3 Å². The van der Waals surface area contributed by atoms with E-state index in [4.69, 9.17) is 10.5 Å². The van der Waals surface area contributed by atoms with Gasteiger partial charge >= 0.3 is 6.18 Å². The zero-order chi connectivity index (χ0) is 24.6. The zero-order valence-corrected chi connectivity index (χ0v) is 19.4. The molecule has 1 saturated heterocycles. The highest BCUT2D eigenvalue weighted by atomic mass is 79.9. The minimum Gasteiger partial charge on any atom is -0.488 e. The summed E-state index contributed by atoms with van der Waals surface area (Å²) in [5, 5.41) is 0. The number of benzene rings is 2. The molecule has 2 aromatic carbocycles. The van der Waals surface area contributed by atoms with E-state index >= 15 is 4.39 Å². The molecule has 4 aromatic rings. The number of aromatic nitrogens is 3. The van der Waals surface area contributed by atoms with E-state index in [0.717, 1.165) is 18.2 Å². The molecule has 2 atom stereocenters. The van der Waals surface area contributed by atoms with Crippen molar-refractivity contribution in [1.29, 1.82) is 0 Å². The van der Waals surface area contributed by atoms with Gasteiger partial charge < -0.3 is 15.4 Å². The Morgan fingerprint density at radius 2 is 2.03 bits per heavy atom. The Kier molecular flexibility index (Phi) is 4.76. The number of fused-ring (bicyclic) bond motifs is 6. The summed E-state index contributed by atoms with van der Waals surface area (Å²) in [5.41, 5.74) is 6.63. The number of halogens is 5. The predicted octanol–water partition coefficient (Wildman–Crippen LogP) is 5.12. The Balaban J connectivity index is 1.44. The molecule has 4 heterocycles. The molecule has 2 aromatic heterocycles. The summed E-state index contributed by atoms with van der Waals surface area (Å²) in [6, 6.07) is 5.19. The summed E-state index contributed by atoms with van der Waals surface area (Å²) in [6.45, 7) is 0.313. The van der Waals surface area contributed by atoms with Crippen LogP contribution in [0.4, 0.5) is 23.4 Å². The lowest BCUT2D eigenvalue weighted by molar-refractivity contribution is -0.137. The van der Waals surface area contributed by atoms with Gasteiger partial charge in [0.25, 0.3) is 5.91 Å². The maximum atomic E-state index is 15.2. The first-order valence-electron chi connectivity index (χ1n) is 10.7. The Morgan fingerprint density at radius 1 is 1.23 bits per heavy atom. The SMILES string of the molecule is Nc1nc2cc(F)c(C(=O)N3CCCC4Oc5cc(C(F)(F)F)ccc5C43)cc2n2cnc(Br)c12. The molecule has 0 bridgehead atoms. The number of nitrogens with zero attached hydrogens (tertiary/aromatic N) is 4. The van der Waals surface area contributed by atoms with Crippen LogP contribution >= 0.6 is 15.9 Å². The second-order valence-corrected chi connectivity index (χ2v) is 9.32. The number of carbonyl (C=O) groups is 1. The molecule has 35 heavy (non-hydrogen) atoms. The third-order valence-electron chi connectivity index (χ3n) is 6.53. The number of anilines is 1. The maximum Gasteiger partial charge on any atom is 0.416 e. The Bertz CT molecular complexity index is 1540. The lowest BCUT2D eigenvalue weighted by atomic mass is 9.93. The minimum absolute atomic E-state index is 0.0955. The van der Waals surface area contributed by atoms with Crippen LogP contribution in [0, 0.1) is 5.82 Å². The Morgan fingerprint density at radius 3 is 2.80 bits per heavy atom. The molecule has 2 aliphatic heterocycles. The number of nitrogens with two attached hydrogens (primary N) is 1. The second-order valence-electron chi connectivity index (χ2n) is 8.56. The van der Waals surface area contributed by atoms with Gasteiger partial charge in [-0.25, -0.2) is 14.4 Å². The van der Waals surface area contributed by atoms with E-state index < -0.39 is 35.6 Å². The highest BCUT2D eigenvalue weighted by molar-refractivity contribution is 9.10. The van der Waals surface area contributed by atoms with Gasteiger partial charge in [-0.3, -0.25) is 9.20 Å². The van der Waals surface area contributed by atoms with Crippen LogP contribution in [0.2, 0.25) is 0 Å². The van der Waals surface area contributed by atoms with E-state index in [0.29, 0.717) is 40.6 Å². The second kappa shape index (κ2) is 7.54. The van der Waals surface area contributed by atoms with Gasteiger partial charge in [-0.2, -0.15) is 13.2 Å². The molecular formula is C23H16BrF4N5O2. The van der Waals surface area contributed by atoms with Crippen LogP contribution in [0.25, 0.3) is 16.6 Å². The highest BCUT2D eigenvalue weighted by Crippen LogP contribution is 2.47. The van der Waals surface area contributed by atoms with E-state index in [-0.39, 0.29) is 22.6 Å². The van der Waals surface area contributed by atoms with Crippen molar-refractivity contribution >= 4 is 44.2 Å². The number of hydrogen-bond acceptors (Lipinski definition) is 5. The third-order valence-corrected chi connectivity index (χ3v) is 7.12. The average Bonchev–Trinajstić information content (AvgIpc) is 3.38. The van der Waals surface area contributed by atoms with Crippen LogP contribution < -0.4 is 10.5 Å².